The Kier molecular flexibility index (Phi) is 9.10. The Hall–Kier alpha value is -2.63. The first kappa shape index (κ1) is 25.0. The third-order valence-electron chi connectivity index (χ3n) is 6.06. The Labute approximate surface area is 192 Å². The molecule has 33 heavy (non-hydrogen) atoms. The lowest BCUT2D eigenvalue weighted by molar-refractivity contribution is -0.384. The summed E-state index contributed by atoms with van der Waals surface area (Å²) < 4.78 is 0. The molecular formula is C23H32N4O6. The monoisotopic (exact) mass is 460 g/mol. The fourth-order valence-corrected chi connectivity index (χ4v) is 4.19. The Morgan fingerprint density at radius 3 is 2.45 bits per heavy atom. The third kappa shape index (κ3) is 6.68. The molecule has 0 saturated carbocycles. The number of aliphatic hydroxyl groups excluding tert-OH is 4. The van der Waals surface area contributed by atoms with Gasteiger partial charge in [0.15, 0.2) is 0 Å². The number of pyridine rings is 1. The summed E-state index contributed by atoms with van der Waals surface area (Å²) in [7, 11) is 0. The van der Waals surface area contributed by atoms with Crippen molar-refractivity contribution in [2.75, 3.05) is 31.6 Å². The highest BCUT2D eigenvalue weighted by molar-refractivity contribution is 5.71. The summed E-state index contributed by atoms with van der Waals surface area (Å²) in [6.45, 7) is 1.22. The number of β-amino-alcohol motifs (C(OH)–C–C–N with tert-alkyl or cyclic N) is 1. The minimum Gasteiger partial charge on any atom is -0.395 e. The van der Waals surface area contributed by atoms with Crippen LogP contribution in [0.2, 0.25) is 0 Å². The molecule has 1 aromatic heterocycles. The number of nitro groups is 1. The van der Waals surface area contributed by atoms with Crippen LogP contribution in [0.5, 0.6) is 0 Å². The first-order valence-electron chi connectivity index (χ1n) is 11.2. The van der Waals surface area contributed by atoms with Gasteiger partial charge in [-0.3, -0.25) is 20.0 Å². The summed E-state index contributed by atoms with van der Waals surface area (Å²) in [4.78, 5) is 16.7. The van der Waals surface area contributed by atoms with E-state index in [-0.39, 0.29) is 18.8 Å². The molecular weight excluding hydrogens is 428 g/mol. The van der Waals surface area contributed by atoms with Gasteiger partial charge in [-0.2, -0.15) is 0 Å². The normalized spacial score (nSPS) is 23.4. The number of aliphatic hydroxyl groups is 4. The van der Waals surface area contributed by atoms with Gasteiger partial charge in [0.2, 0.25) is 0 Å². The van der Waals surface area contributed by atoms with Gasteiger partial charge in [0.05, 0.1) is 23.7 Å². The van der Waals surface area contributed by atoms with Gasteiger partial charge in [-0.25, -0.2) is 0 Å². The maximum absolute atomic E-state index is 11.3. The number of benzene rings is 1. The number of non-ortho nitro benzene ring substituents is 1. The first-order chi connectivity index (χ1) is 15.9. The van der Waals surface area contributed by atoms with Crippen LogP contribution in [0.15, 0.2) is 42.7 Å². The van der Waals surface area contributed by atoms with Gasteiger partial charge in [-0.15, -0.1) is 0 Å². The molecule has 0 spiro atoms. The number of likely N-dealkylation sites (tertiary alicyclic amines) is 1. The highest BCUT2D eigenvalue weighted by Crippen LogP contribution is 2.28. The van der Waals surface area contributed by atoms with Gasteiger partial charge in [-0.1, -0.05) is 12.8 Å². The maximum atomic E-state index is 11.3. The van der Waals surface area contributed by atoms with E-state index in [1.54, 1.807) is 18.5 Å². The Bertz CT molecular complexity index is 900. The molecule has 10 heteroatoms. The molecule has 0 amide bonds. The van der Waals surface area contributed by atoms with E-state index in [4.69, 9.17) is 0 Å². The van der Waals surface area contributed by atoms with Gasteiger partial charge in [0, 0.05) is 43.3 Å². The third-order valence-corrected chi connectivity index (χ3v) is 6.06. The summed E-state index contributed by atoms with van der Waals surface area (Å²) in [6.07, 6.45) is 3.42. The lowest BCUT2D eigenvalue weighted by atomic mass is 9.94. The van der Waals surface area contributed by atoms with Crippen LogP contribution in [-0.2, 0) is 0 Å². The Morgan fingerprint density at radius 2 is 1.76 bits per heavy atom. The number of nitrogens with zero attached hydrogens (tertiary/aromatic N) is 3. The second-order valence-corrected chi connectivity index (χ2v) is 8.40. The number of hydrogen-bond donors (Lipinski definition) is 5. The topological polar surface area (TPSA) is 152 Å². The minimum absolute atomic E-state index is 0.0290. The van der Waals surface area contributed by atoms with Crippen LogP contribution in [-0.4, -0.2) is 85.8 Å². The van der Waals surface area contributed by atoms with Crippen molar-refractivity contribution in [3.63, 3.8) is 0 Å². The number of rotatable bonds is 11. The lowest BCUT2D eigenvalue weighted by Gasteiger charge is -2.43. The molecule has 0 bridgehead atoms. The number of nitrogens with one attached hydrogen (secondary N) is 1. The van der Waals surface area contributed by atoms with E-state index in [9.17, 15) is 30.5 Å². The molecule has 1 aliphatic rings. The molecule has 0 aliphatic carbocycles. The van der Waals surface area contributed by atoms with Crippen molar-refractivity contribution in [2.45, 2.75) is 50.0 Å². The van der Waals surface area contributed by atoms with Crippen molar-refractivity contribution in [3.8, 4) is 11.1 Å². The van der Waals surface area contributed by atoms with E-state index in [1.165, 1.54) is 6.07 Å². The van der Waals surface area contributed by atoms with Crippen LogP contribution in [0.3, 0.4) is 0 Å². The molecule has 4 atom stereocenters. The molecule has 2 aromatic rings. The number of anilines is 1. The standard InChI is InChI=1S/C23H32N4O6/c28-15-20-22(30)23(31)21(29)14-26(20)10-4-2-1-3-7-25-18-11-17(12-19(13-18)27(32)33)16-5-8-24-9-6-16/h5-6,8-9,11-13,20-23,25,28-31H,1-4,7,10,14-15H2/t20-,21+,22-,23-/m1/s1. The lowest BCUT2D eigenvalue weighted by Crippen LogP contribution is -2.62. The molecule has 1 aliphatic heterocycles. The second-order valence-electron chi connectivity index (χ2n) is 8.40. The van der Waals surface area contributed by atoms with Gasteiger partial charge >= 0.3 is 0 Å². The smallest absolute Gasteiger partial charge is 0.272 e. The number of hydrogen-bond acceptors (Lipinski definition) is 9. The molecule has 5 N–H and O–H groups in total. The number of nitro benzene ring substituents is 1. The molecule has 0 radical (unpaired) electrons. The molecule has 1 aromatic carbocycles. The van der Waals surface area contributed by atoms with Crippen LogP contribution in [0.25, 0.3) is 11.1 Å². The molecule has 1 saturated heterocycles. The Balaban J connectivity index is 1.44. The van der Waals surface area contributed by atoms with E-state index in [1.807, 2.05) is 23.1 Å². The summed E-state index contributed by atoms with van der Waals surface area (Å²) in [6, 6.07) is 8.01. The molecule has 10 nitrogen and oxygen atoms in total. The van der Waals surface area contributed by atoms with Crippen molar-refractivity contribution < 1.29 is 25.3 Å². The summed E-state index contributed by atoms with van der Waals surface area (Å²) in [5.74, 6) is 0. The van der Waals surface area contributed by atoms with E-state index in [0.717, 1.165) is 36.8 Å². The molecule has 1 fully saturated rings. The van der Waals surface area contributed by atoms with Crippen LogP contribution in [0.1, 0.15) is 25.7 Å². The number of piperidine rings is 1. The van der Waals surface area contributed by atoms with E-state index >= 15 is 0 Å². The van der Waals surface area contributed by atoms with Gasteiger partial charge < -0.3 is 25.7 Å². The zero-order chi connectivity index (χ0) is 23.8. The van der Waals surface area contributed by atoms with Crippen LogP contribution in [0.4, 0.5) is 11.4 Å². The highest BCUT2D eigenvalue weighted by atomic mass is 16.6. The quantitative estimate of drug-likeness (QED) is 0.190. The van der Waals surface area contributed by atoms with Crippen molar-refractivity contribution >= 4 is 11.4 Å². The summed E-state index contributed by atoms with van der Waals surface area (Å²) in [5, 5.41) is 53.8. The maximum Gasteiger partial charge on any atom is 0.272 e. The van der Waals surface area contributed by atoms with Gasteiger partial charge in [0.25, 0.3) is 5.69 Å². The summed E-state index contributed by atoms with van der Waals surface area (Å²) in [5.41, 5.74) is 2.33. The first-order valence-corrected chi connectivity index (χ1v) is 11.2. The number of aromatic nitrogens is 1. The number of unbranched alkanes of at least 4 members (excludes halogenated alkanes) is 3. The van der Waals surface area contributed by atoms with Gasteiger partial charge in [0.1, 0.15) is 12.2 Å². The summed E-state index contributed by atoms with van der Waals surface area (Å²) >= 11 is 0. The molecule has 2 heterocycles. The fraction of sp³-hybridized carbons (Fsp3) is 0.522. The molecule has 180 valence electrons. The van der Waals surface area contributed by atoms with Crippen molar-refractivity contribution in [1.82, 2.24) is 9.88 Å². The SMILES string of the molecule is O=[N+]([O-])c1cc(NCCCCCCN2C[C@H](O)[C@@H](O)[C@H](O)[C@H]2CO)cc(-c2ccncc2)c1. The van der Waals surface area contributed by atoms with Gasteiger partial charge in [-0.05, 0) is 48.7 Å². The second kappa shape index (κ2) is 12.0. The zero-order valence-electron chi connectivity index (χ0n) is 18.5. The highest BCUT2D eigenvalue weighted by Gasteiger charge is 2.40. The van der Waals surface area contributed by atoms with Crippen LogP contribution < -0.4 is 5.32 Å². The largest absolute Gasteiger partial charge is 0.395 e. The van der Waals surface area contributed by atoms with E-state index in [0.29, 0.717) is 18.8 Å². The van der Waals surface area contributed by atoms with E-state index < -0.39 is 29.3 Å². The molecule has 0 unspecified atom stereocenters. The van der Waals surface area contributed by atoms with Crippen molar-refractivity contribution in [3.05, 3.63) is 52.8 Å². The van der Waals surface area contributed by atoms with Crippen molar-refractivity contribution in [2.24, 2.45) is 0 Å². The average Bonchev–Trinajstić information content (AvgIpc) is 2.82. The Morgan fingerprint density at radius 1 is 1.03 bits per heavy atom. The molecule has 3 rings (SSSR count). The predicted molar refractivity (Wildman–Crippen MR) is 124 cm³/mol. The minimum atomic E-state index is -1.24. The van der Waals surface area contributed by atoms with E-state index in [2.05, 4.69) is 10.3 Å². The van der Waals surface area contributed by atoms with Crippen LogP contribution >= 0.6 is 0 Å². The zero-order valence-corrected chi connectivity index (χ0v) is 18.5. The average molecular weight is 461 g/mol. The predicted octanol–water partition coefficient (Wildman–Crippen LogP) is 1.39. The van der Waals surface area contributed by atoms with Crippen LogP contribution in [0, 0.1) is 10.1 Å². The van der Waals surface area contributed by atoms with Crippen molar-refractivity contribution in [1.29, 1.82) is 0 Å². The fourth-order valence-electron chi connectivity index (χ4n) is 4.19.